The zero-order chi connectivity index (χ0) is 22.3. The Hall–Kier alpha value is -3.58. The van der Waals surface area contributed by atoms with Crippen LogP contribution in [0.15, 0.2) is 90.1 Å². The number of benzene rings is 3. The van der Waals surface area contributed by atoms with E-state index in [4.69, 9.17) is 10.5 Å². The lowest BCUT2D eigenvalue weighted by Gasteiger charge is -2.16. The third-order valence-electron chi connectivity index (χ3n) is 5.12. The first-order valence-electron chi connectivity index (χ1n) is 10.3. The SMILES string of the molecule is COc1ccccc1-c1nnc(SC(C(N)=O)c2ccccc2)n1CCc1ccccc1. The highest BCUT2D eigenvalue weighted by atomic mass is 32.2. The van der Waals surface area contributed by atoms with Crippen LogP contribution in [0.5, 0.6) is 5.75 Å². The average Bonchev–Trinajstić information content (AvgIpc) is 3.24. The standard InChI is InChI=1S/C25H24N4O2S/c1-31-21-15-9-8-14-20(21)24-27-28-25(29(24)17-16-18-10-4-2-5-11-18)32-22(23(26)30)19-12-6-3-7-13-19/h2-15,22H,16-17H2,1H3,(H2,26,30). The van der Waals surface area contributed by atoms with E-state index in [1.165, 1.54) is 17.3 Å². The van der Waals surface area contributed by atoms with Crippen molar-refractivity contribution in [2.75, 3.05) is 7.11 Å². The van der Waals surface area contributed by atoms with Gasteiger partial charge in [0, 0.05) is 6.54 Å². The molecule has 7 heteroatoms. The van der Waals surface area contributed by atoms with Crippen LogP contribution in [-0.4, -0.2) is 27.8 Å². The summed E-state index contributed by atoms with van der Waals surface area (Å²) < 4.78 is 7.59. The molecule has 4 aromatic rings. The van der Waals surface area contributed by atoms with E-state index >= 15 is 0 Å². The van der Waals surface area contributed by atoms with E-state index < -0.39 is 11.2 Å². The van der Waals surface area contributed by atoms with E-state index in [9.17, 15) is 4.79 Å². The lowest BCUT2D eigenvalue weighted by molar-refractivity contribution is -0.117. The van der Waals surface area contributed by atoms with E-state index in [0.717, 1.165) is 17.5 Å². The minimum atomic E-state index is -0.568. The van der Waals surface area contributed by atoms with Crippen LogP contribution < -0.4 is 10.5 Å². The van der Waals surface area contributed by atoms with Crippen molar-refractivity contribution in [1.29, 1.82) is 0 Å². The third-order valence-corrected chi connectivity index (χ3v) is 6.37. The minimum absolute atomic E-state index is 0.419. The summed E-state index contributed by atoms with van der Waals surface area (Å²) in [6, 6.07) is 27.4. The van der Waals surface area contributed by atoms with E-state index in [1.54, 1.807) is 7.11 Å². The second kappa shape index (κ2) is 10.2. The number of nitrogens with zero attached hydrogens (tertiary/aromatic N) is 3. The van der Waals surface area contributed by atoms with Crippen LogP contribution in [0, 0.1) is 0 Å². The molecule has 1 heterocycles. The zero-order valence-corrected chi connectivity index (χ0v) is 18.5. The number of carbonyl (C=O) groups is 1. The van der Waals surface area contributed by atoms with Crippen LogP contribution in [0.3, 0.4) is 0 Å². The molecule has 0 saturated heterocycles. The van der Waals surface area contributed by atoms with E-state index in [1.807, 2.05) is 77.4 Å². The van der Waals surface area contributed by atoms with Gasteiger partial charge in [-0.05, 0) is 29.7 Å². The summed E-state index contributed by atoms with van der Waals surface area (Å²) in [5.41, 5.74) is 8.64. The third kappa shape index (κ3) is 4.84. The van der Waals surface area contributed by atoms with E-state index in [0.29, 0.717) is 23.3 Å². The molecule has 0 fully saturated rings. The molecular formula is C25H24N4O2S. The van der Waals surface area contributed by atoms with Crippen molar-refractivity contribution in [3.63, 3.8) is 0 Å². The molecule has 4 rings (SSSR count). The lowest BCUT2D eigenvalue weighted by atomic mass is 10.1. The molecular weight excluding hydrogens is 420 g/mol. The van der Waals surface area contributed by atoms with Crippen molar-refractivity contribution in [3.8, 4) is 17.1 Å². The zero-order valence-electron chi connectivity index (χ0n) is 17.7. The quantitative estimate of drug-likeness (QED) is 0.384. The average molecular weight is 445 g/mol. The minimum Gasteiger partial charge on any atom is -0.496 e. The Kier molecular flexibility index (Phi) is 6.87. The fourth-order valence-electron chi connectivity index (χ4n) is 3.52. The first-order chi connectivity index (χ1) is 15.7. The monoisotopic (exact) mass is 444 g/mol. The summed E-state index contributed by atoms with van der Waals surface area (Å²) in [5, 5.41) is 8.98. The molecule has 2 N–H and O–H groups in total. The first kappa shape index (κ1) is 21.6. The van der Waals surface area contributed by atoms with Crippen LogP contribution in [0.4, 0.5) is 0 Å². The summed E-state index contributed by atoms with van der Waals surface area (Å²) in [4.78, 5) is 12.3. The van der Waals surface area contributed by atoms with Crippen LogP contribution in [0.1, 0.15) is 16.4 Å². The maximum Gasteiger partial charge on any atom is 0.235 e. The molecule has 32 heavy (non-hydrogen) atoms. The maximum atomic E-state index is 12.3. The molecule has 1 atom stereocenters. The number of thioether (sulfide) groups is 1. The molecule has 0 radical (unpaired) electrons. The summed E-state index contributed by atoms with van der Waals surface area (Å²) in [7, 11) is 1.64. The Morgan fingerprint density at radius 2 is 1.62 bits per heavy atom. The molecule has 0 bridgehead atoms. The predicted octanol–water partition coefficient (Wildman–Crippen LogP) is 4.52. The van der Waals surface area contributed by atoms with Crippen LogP contribution in [0.25, 0.3) is 11.4 Å². The second-order valence-corrected chi connectivity index (χ2v) is 8.28. The summed E-state index contributed by atoms with van der Waals surface area (Å²) in [5.74, 6) is 0.988. The topological polar surface area (TPSA) is 83.0 Å². The van der Waals surface area contributed by atoms with Gasteiger partial charge in [0.05, 0.1) is 12.7 Å². The Morgan fingerprint density at radius 1 is 0.969 bits per heavy atom. The molecule has 3 aromatic carbocycles. The number of hydrogen-bond donors (Lipinski definition) is 1. The van der Waals surface area contributed by atoms with Gasteiger partial charge in [0.25, 0.3) is 0 Å². The van der Waals surface area contributed by atoms with E-state index in [2.05, 4.69) is 22.3 Å². The highest BCUT2D eigenvalue weighted by Gasteiger charge is 2.25. The number of amides is 1. The molecule has 0 aliphatic heterocycles. The van der Waals surface area contributed by atoms with Crippen molar-refractivity contribution in [3.05, 3.63) is 96.1 Å². The fraction of sp³-hybridized carbons (Fsp3) is 0.160. The second-order valence-electron chi connectivity index (χ2n) is 7.20. The normalized spacial score (nSPS) is 11.8. The fourth-order valence-corrected chi connectivity index (χ4v) is 4.53. The van der Waals surface area contributed by atoms with Gasteiger partial charge in [0.1, 0.15) is 11.0 Å². The largest absolute Gasteiger partial charge is 0.496 e. The first-order valence-corrected chi connectivity index (χ1v) is 11.2. The number of rotatable bonds is 9. The molecule has 162 valence electrons. The number of methoxy groups -OCH3 is 1. The smallest absolute Gasteiger partial charge is 0.235 e. The molecule has 1 unspecified atom stereocenters. The van der Waals surface area contributed by atoms with Gasteiger partial charge in [-0.15, -0.1) is 10.2 Å². The van der Waals surface area contributed by atoms with Gasteiger partial charge < -0.3 is 15.0 Å². The number of nitrogens with two attached hydrogens (primary N) is 1. The number of hydrogen-bond acceptors (Lipinski definition) is 5. The number of carbonyl (C=O) groups excluding carboxylic acids is 1. The number of aryl methyl sites for hydroxylation is 1. The van der Waals surface area contributed by atoms with Crippen molar-refractivity contribution in [2.24, 2.45) is 5.73 Å². The number of aromatic nitrogens is 3. The molecule has 0 aliphatic rings. The Bertz CT molecular complexity index is 1180. The Labute approximate surface area is 191 Å². The molecule has 1 amide bonds. The highest BCUT2D eigenvalue weighted by molar-refractivity contribution is 8.00. The van der Waals surface area contributed by atoms with Crippen molar-refractivity contribution < 1.29 is 9.53 Å². The van der Waals surface area contributed by atoms with Crippen LogP contribution >= 0.6 is 11.8 Å². The lowest BCUT2D eigenvalue weighted by Crippen LogP contribution is -2.19. The van der Waals surface area contributed by atoms with Gasteiger partial charge in [0.15, 0.2) is 11.0 Å². The number of primary amides is 1. The van der Waals surface area contributed by atoms with Gasteiger partial charge in [-0.25, -0.2) is 0 Å². The van der Waals surface area contributed by atoms with Crippen molar-refractivity contribution in [2.45, 2.75) is 23.4 Å². The Morgan fingerprint density at radius 3 is 2.31 bits per heavy atom. The summed E-state index contributed by atoms with van der Waals surface area (Å²) in [6.07, 6.45) is 0.793. The molecule has 0 saturated carbocycles. The molecule has 1 aromatic heterocycles. The molecule has 6 nitrogen and oxygen atoms in total. The number of ether oxygens (including phenoxy) is 1. The van der Waals surface area contributed by atoms with Crippen LogP contribution in [0.2, 0.25) is 0 Å². The van der Waals surface area contributed by atoms with Gasteiger partial charge >= 0.3 is 0 Å². The van der Waals surface area contributed by atoms with Gasteiger partial charge in [-0.2, -0.15) is 0 Å². The van der Waals surface area contributed by atoms with Gasteiger partial charge in [0.2, 0.25) is 5.91 Å². The number of para-hydroxylation sites is 1. The summed E-state index contributed by atoms with van der Waals surface area (Å²) in [6.45, 7) is 0.646. The van der Waals surface area contributed by atoms with Gasteiger partial charge in [-0.3, -0.25) is 4.79 Å². The molecule has 0 spiro atoms. The Balaban J connectivity index is 1.73. The van der Waals surface area contributed by atoms with Crippen molar-refractivity contribution >= 4 is 17.7 Å². The summed E-state index contributed by atoms with van der Waals surface area (Å²) >= 11 is 1.31. The van der Waals surface area contributed by atoms with E-state index in [-0.39, 0.29) is 0 Å². The van der Waals surface area contributed by atoms with Crippen LogP contribution in [-0.2, 0) is 17.8 Å². The van der Waals surface area contributed by atoms with Crippen molar-refractivity contribution in [1.82, 2.24) is 14.8 Å². The van der Waals surface area contributed by atoms with Gasteiger partial charge in [-0.1, -0.05) is 84.6 Å². The highest BCUT2D eigenvalue weighted by Crippen LogP contribution is 2.37. The molecule has 0 aliphatic carbocycles. The predicted molar refractivity (Wildman–Crippen MR) is 126 cm³/mol. The maximum absolute atomic E-state index is 12.3.